The van der Waals surface area contributed by atoms with Gasteiger partial charge in [0, 0.05) is 19.1 Å². The van der Waals surface area contributed by atoms with Gasteiger partial charge in [0.15, 0.2) is 0 Å². The number of halogens is 1. The first-order chi connectivity index (χ1) is 5.43. The molecule has 1 N–H and O–H groups in total. The van der Waals surface area contributed by atoms with E-state index >= 15 is 0 Å². The molecule has 0 unspecified atom stereocenters. The zero-order valence-electron chi connectivity index (χ0n) is 8.05. The largest absolute Gasteiger partial charge is 0.390 e. The van der Waals surface area contributed by atoms with E-state index in [1.54, 1.807) is 0 Å². The van der Waals surface area contributed by atoms with E-state index < -0.39 is 11.8 Å². The van der Waals surface area contributed by atoms with Gasteiger partial charge in [-0.15, -0.1) is 0 Å². The summed E-state index contributed by atoms with van der Waals surface area (Å²) in [7, 11) is 0. The molecule has 1 rings (SSSR count). The molecule has 0 bridgehead atoms. The molecule has 2 atom stereocenters. The minimum Gasteiger partial charge on any atom is -0.390 e. The summed E-state index contributed by atoms with van der Waals surface area (Å²) in [4.78, 5) is 2.06. The van der Waals surface area contributed by atoms with Gasteiger partial charge >= 0.3 is 0 Å². The van der Waals surface area contributed by atoms with Gasteiger partial charge in [0.1, 0.15) is 5.67 Å². The molecule has 2 nitrogen and oxygen atoms in total. The van der Waals surface area contributed by atoms with Crippen LogP contribution in [0.2, 0.25) is 0 Å². The molecule has 0 aliphatic carbocycles. The summed E-state index contributed by atoms with van der Waals surface area (Å²) < 4.78 is 13.6. The number of piperidine rings is 1. The summed E-state index contributed by atoms with van der Waals surface area (Å²) in [5, 5.41) is 9.33. The Kier molecular flexibility index (Phi) is 2.74. The molecule has 0 spiro atoms. The Balaban J connectivity index is 2.57. The van der Waals surface area contributed by atoms with E-state index in [9.17, 15) is 9.50 Å². The fraction of sp³-hybridized carbons (Fsp3) is 1.00. The van der Waals surface area contributed by atoms with Crippen LogP contribution < -0.4 is 0 Å². The molecule has 1 aliphatic heterocycles. The summed E-state index contributed by atoms with van der Waals surface area (Å²) in [5.41, 5.74) is -1.43. The Morgan fingerprint density at radius 3 is 2.58 bits per heavy atom. The lowest BCUT2D eigenvalue weighted by Crippen LogP contribution is -2.54. The topological polar surface area (TPSA) is 23.5 Å². The molecule has 12 heavy (non-hydrogen) atoms. The number of aliphatic hydroxyl groups is 1. The molecule has 1 aliphatic rings. The van der Waals surface area contributed by atoms with Crippen LogP contribution in [-0.4, -0.2) is 40.9 Å². The predicted molar refractivity (Wildman–Crippen MR) is 46.8 cm³/mol. The van der Waals surface area contributed by atoms with E-state index in [1.165, 1.54) is 6.92 Å². The van der Waals surface area contributed by atoms with Crippen LogP contribution in [0.4, 0.5) is 4.39 Å². The minimum atomic E-state index is -1.43. The smallest absolute Gasteiger partial charge is 0.146 e. The second kappa shape index (κ2) is 3.30. The molecule has 3 heteroatoms. The molecule has 0 aromatic heterocycles. The van der Waals surface area contributed by atoms with Crippen molar-refractivity contribution in [2.75, 3.05) is 13.1 Å². The molecular weight excluding hydrogens is 157 g/mol. The third kappa shape index (κ3) is 1.96. The van der Waals surface area contributed by atoms with E-state index in [2.05, 4.69) is 4.90 Å². The van der Waals surface area contributed by atoms with Crippen LogP contribution in [-0.2, 0) is 0 Å². The van der Waals surface area contributed by atoms with Gasteiger partial charge in [0.2, 0.25) is 0 Å². The van der Waals surface area contributed by atoms with Gasteiger partial charge in [-0.2, -0.15) is 0 Å². The maximum Gasteiger partial charge on any atom is 0.146 e. The van der Waals surface area contributed by atoms with Crippen LogP contribution >= 0.6 is 0 Å². The molecular formula is C9H18FNO. The summed E-state index contributed by atoms with van der Waals surface area (Å²) >= 11 is 0. The zero-order valence-corrected chi connectivity index (χ0v) is 8.05. The maximum absolute atomic E-state index is 13.6. The molecule has 1 heterocycles. The van der Waals surface area contributed by atoms with E-state index in [-0.39, 0.29) is 0 Å². The van der Waals surface area contributed by atoms with Gasteiger partial charge in [-0.25, -0.2) is 4.39 Å². The number of alkyl halides is 1. The first kappa shape index (κ1) is 9.93. The third-order valence-corrected chi connectivity index (χ3v) is 2.63. The average Bonchev–Trinajstić information content (AvgIpc) is 1.94. The molecule has 1 fully saturated rings. The summed E-state index contributed by atoms with van der Waals surface area (Å²) in [6.45, 7) is 6.73. The number of aliphatic hydroxyl groups excluding tert-OH is 1. The van der Waals surface area contributed by atoms with E-state index in [0.29, 0.717) is 19.0 Å². The lowest BCUT2D eigenvalue weighted by Gasteiger charge is -2.40. The normalized spacial score (nSPS) is 39.0. The van der Waals surface area contributed by atoms with Crippen molar-refractivity contribution in [2.24, 2.45) is 0 Å². The number of likely N-dealkylation sites (tertiary alicyclic amines) is 1. The molecule has 0 aromatic carbocycles. The molecule has 0 aromatic rings. The van der Waals surface area contributed by atoms with E-state index in [4.69, 9.17) is 0 Å². The molecule has 1 saturated heterocycles. The summed E-state index contributed by atoms with van der Waals surface area (Å²) in [6.07, 6.45) is -0.238. The van der Waals surface area contributed by atoms with Crippen molar-refractivity contribution >= 4 is 0 Å². The monoisotopic (exact) mass is 175 g/mol. The van der Waals surface area contributed by atoms with Gasteiger partial charge in [-0.05, 0) is 27.2 Å². The van der Waals surface area contributed by atoms with Crippen LogP contribution in [0.25, 0.3) is 0 Å². The Bertz CT molecular complexity index is 159. The van der Waals surface area contributed by atoms with Crippen molar-refractivity contribution in [1.29, 1.82) is 0 Å². The van der Waals surface area contributed by atoms with Crippen molar-refractivity contribution in [1.82, 2.24) is 4.90 Å². The standard InChI is InChI=1S/C9H18FNO/c1-7(2)11-5-4-8(12)9(3,10)6-11/h7-8,12H,4-6H2,1-3H3/t8-,9+/m0/s1. The Morgan fingerprint density at radius 1 is 1.58 bits per heavy atom. The van der Waals surface area contributed by atoms with Crippen molar-refractivity contribution in [3.8, 4) is 0 Å². The fourth-order valence-electron chi connectivity index (χ4n) is 1.61. The van der Waals surface area contributed by atoms with E-state index in [1.807, 2.05) is 13.8 Å². The highest BCUT2D eigenvalue weighted by Crippen LogP contribution is 2.26. The lowest BCUT2D eigenvalue weighted by atomic mass is 9.93. The highest BCUT2D eigenvalue weighted by molar-refractivity contribution is 4.91. The van der Waals surface area contributed by atoms with Gasteiger partial charge in [0.05, 0.1) is 6.10 Å². The Morgan fingerprint density at radius 2 is 2.17 bits per heavy atom. The lowest BCUT2D eigenvalue weighted by molar-refractivity contribution is -0.0643. The van der Waals surface area contributed by atoms with Gasteiger partial charge < -0.3 is 5.11 Å². The highest BCUT2D eigenvalue weighted by Gasteiger charge is 2.39. The SMILES string of the molecule is CC(C)N1CC[C@H](O)[C@](C)(F)C1. The Hall–Kier alpha value is -0.150. The second-order valence-corrected chi connectivity index (χ2v) is 4.15. The molecule has 0 amide bonds. The fourth-order valence-corrected chi connectivity index (χ4v) is 1.61. The highest BCUT2D eigenvalue weighted by atomic mass is 19.1. The number of hydrogen-bond donors (Lipinski definition) is 1. The predicted octanol–water partition coefficient (Wildman–Crippen LogP) is 1.19. The minimum absolute atomic E-state index is 0.353. The van der Waals surface area contributed by atoms with Crippen molar-refractivity contribution in [2.45, 2.75) is 45.0 Å². The van der Waals surface area contributed by atoms with Crippen molar-refractivity contribution in [3.05, 3.63) is 0 Å². The number of rotatable bonds is 1. The Labute approximate surface area is 73.4 Å². The van der Waals surface area contributed by atoms with Crippen LogP contribution in [0.5, 0.6) is 0 Å². The molecule has 0 radical (unpaired) electrons. The van der Waals surface area contributed by atoms with Gasteiger partial charge in [-0.3, -0.25) is 4.90 Å². The molecule has 72 valence electrons. The second-order valence-electron chi connectivity index (χ2n) is 4.15. The van der Waals surface area contributed by atoms with Gasteiger partial charge in [0.25, 0.3) is 0 Å². The first-order valence-corrected chi connectivity index (χ1v) is 4.54. The maximum atomic E-state index is 13.6. The summed E-state index contributed by atoms with van der Waals surface area (Å²) in [6, 6.07) is 0.368. The zero-order chi connectivity index (χ0) is 9.35. The quantitative estimate of drug-likeness (QED) is 0.647. The molecule has 0 saturated carbocycles. The van der Waals surface area contributed by atoms with Crippen molar-refractivity contribution in [3.63, 3.8) is 0 Å². The first-order valence-electron chi connectivity index (χ1n) is 4.54. The number of hydrogen-bond acceptors (Lipinski definition) is 2. The third-order valence-electron chi connectivity index (χ3n) is 2.63. The van der Waals surface area contributed by atoms with Gasteiger partial charge in [-0.1, -0.05) is 0 Å². The van der Waals surface area contributed by atoms with Crippen LogP contribution in [0.15, 0.2) is 0 Å². The number of nitrogens with zero attached hydrogens (tertiary/aromatic N) is 1. The van der Waals surface area contributed by atoms with Crippen LogP contribution in [0.1, 0.15) is 27.2 Å². The van der Waals surface area contributed by atoms with E-state index in [0.717, 1.165) is 6.54 Å². The van der Waals surface area contributed by atoms with Crippen LogP contribution in [0, 0.1) is 0 Å². The van der Waals surface area contributed by atoms with Crippen molar-refractivity contribution < 1.29 is 9.50 Å². The summed E-state index contributed by atoms with van der Waals surface area (Å²) in [5.74, 6) is 0. The average molecular weight is 175 g/mol. The van der Waals surface area contributed by atoms with Crippen LogP contribution in [0.3, 0.4) is 0 Å².